The summed E-state index contributed by atoms with van der Waals surface area (Å²) in [6.45, 7) is 0. The number of anilines is 1. The molecule has 0 saturated heterocycles. The number of rotatable bonds is 3. The van der Waals surface area contributed by atoms with Crippen molar-refractivity contribution in [3.8, 4) is 11.1 Å². The third-order valence-electron chi connectivity index (χ3n) is 7.23. The van der Waals surface area contributed by atoms with Crippen LogP contribution in [-0.2, 0) is 0 Å². The standard InChI is InChI=1S/C18H13N.C13H5N3O7/c19-15-9-10-17-14(11-15)8-7-13-6-5-12-3-1-2-4-16(12)18(13)17;17-13-9-3-6(14(18)19)1-2-8(9)12-10(13)4-7(15(20)21)5-11(12)16(22)23/h1-11H,19H2;1-5H. The number of fused-ring (bicyclic) bond motifs is 8. The first-order chi connectivity index (χ1) is 20.1. The maximum absolute atomic E-state index is 12.3. The summed E-state index contributed by atoms with van der Waals surface area (Å²) in [5.41, 5.74) is 4.97. The summed E-state index contributed by atoms with van der Waals surface area (Å²) in [6, 6.07) is 28.4. The fourth-order valence-corrected chi connectivity index (χ4v) is 5.37. The topological polar surface area (TPSA) is 173 Å². The van der Waals surface area contributed by atoms with Crippen molar-refractivity contribution in [2.75, 3.05) is 5.73 Å². The van der Waals surface area contributed by atoms with Crippen molar-refractivity contribution in [2.24, 2.45) is 0 Å². The SMILES string of the molecule is Nc1ccc2c(ccc3ccc4ccccc4c32)c1.O=C1c2cc([N+](=O)[O-])ccc2-c2c1cc([N+](=O)[O-])cc2[N+](=O)[O-]. The second-order valence-corrected chi connectivity index (χ2v) is 9.65. The van der Waals surface area contributed by atoms with Crippen LogP contribution in [0.1, 0.15) is 15.9 Å². The molecule has 7 rings (SSSR count). The number of hydrogen-bond acceptors (Lipinski definition) is 8. The van der Waals surface area contributed by atoms with Gasteiger partial charge in [-0.1, -0.05) is 54.6 Å². The van der Waals surface area contributed by atoms with Crippen LogP contribution in [0.3, 0.4) is 0 Å². The van der Waals surface area contributed by atoms with Gasteiger partial charge in [-0.25, -0.2) is 0 Å². The van der Waals surface area contributed by atoms with E-state index in [1.165, 1.54) is 38.4 Å². The number of nitrogen functional groups attached to an aromatic ring is 1. The van der Waals surface area contributed by atoms with Crippen LogP contribution in [-0.4, -0.2) is 20.6 Å². The van der Waals surface area contributed by atoms with Crippen molar-refractivity contribution in [2.45, 2.75) is 0 Å². The Labute approximate surface area is 235 Å². The van der Waals surface area contributed by atoms with Gasteiger partial charge in [0.1, 0.15) is 0 Å². The van der Waals surface area contributed by atoms with Crippen molar-refractivity contribution in [3.05, 3.63) is 139 Å². The molecular formula is C31H18N4O7. The Balaban J connectivity index is 0.000000153. The van der Waals surface area contributed by atoms with Crippen molar-refractivity contribution in [1.29, 1.82) is 0 Å². The van der Waals surface area contributed by atoms with Gasteiger partial charge in [0.25, 0.3) is 17.1 Å². The number of carbonyl (C=O) groups excluding carboxylic acids is 1. The van der Waals surface area contributed by atoms with Gasteiger partial charge in [0.15, 0.2) is 5.78 Å². The third kappa shape index (κ3) is 4.21. The summed E-state index contributed by atoms with van der Waals surface area (Å²) in [7, 11) is 0. The first-order valence-corrected chi connectivity index (χ1v) is 12.5. The van der Waals surface area contributed by atoms with Crippen molar-refractivity contribution in [1.82, 2.24) is 0 Å². The molecule has 2 N–H and O–H groups in total. The van der Waals surface area contributed by atoms with E-state index in [0.29, 0.717) is 0 Å². The van der Waals surface area contributed by atoms with Crippen LogP contribution in [0, 0.1) is 30.3 Å². The van der Waals surface area contributed by atoms with E-state index in [1.54, 1.807) is 0 Å². The lowest BCUT2D eigenvalue weighted by Gasteiger charge is -2.08. The molecule has 0 fully saturated rings. The summed E-state index contributed by atoms with van der Waals surface area (Å²) in [4.78, 5) is 42.8. The number of hydrogen-bond donors (Lipinski definition) is 1. The minimum atomic E-state index is -0.841. The molecule has 0 unspecified atom stereocenters. The van der Waals surface area contributed by atoms with Gasteiger partial charge in [0, 0.05) is 40.6 Å². The van der Waals surface area contributed by atoms with Gasteiger partial charge in [-0.15, -0.1) is 0 Å². The molecule has 0 bridgehead atoms. The van der Waals surface area contributed by atoms with Gasteiger partial charge in [0.05, 0.1) is 26.4 Å². The zero-order chi connectivity index (χ0) is 29.7. The minimum Gasteiger partial charge on any atom is -0.399 e. The number of nitrogens with zero attached hydrogens (tertiary/aromatic N) is 3. The number of benzene rings is 6. The predicted octanol–water partition coefficient (Wildman–Crippen LogP) is 7.35. The summed E-state index contributed by atoms with van der Waals surface area (Å²) in [5.74, 6) is -0.717. The molecule has 6 aromatic carbocycles. The molecule has 11 heteroatoms. The van der Waals surface area contributed by atoms with Crippen molar-refractivity contribution < 1.29 is 19.6 Å². The molecule has 11 nitrogen and oxygen atoms in total. The second kappa shape index (κ2) is 9.75. The van der Waals surface area contributed by atoms with E-state index in [-0.39, 0.29) is 27.9 Å². The summed E-state index contributed by atoms with van der Waals surface area (Å²) in [6.07, 6.45) is 0. The minimum absolute atomic E-state index is 0.0597. The van der Waals surface area contributed by atoms with Crippen LogP contribution < -0.4 is 5.73 Å². The maximum atomic E-state index is 12.3. The Morgan fingerprint density at radius 1 is 0.548 bits per heavy atom. The van der Waals surface area contributed by atoms with Gasteiger partial charge >= 0.3 is 0 Å². The monoisotopic (exact) mass is 558 g/mol. The normalized spacial score (nSPS) is 11.6. The lowest BCUT2D eigenvalue weighted by atomic mass is 9.96. The highest BCUT2D eigenvalue weighted by Crippen LogP contribution is 2.45. The molecule has 1 aliphatic rings. The highest BCUT2D eigenvalue weighted by Gasteiger charge is 2.36. The zero-order valence-electron chi connectivity index (χ0n) is 21.5. The molecule has 6 aromatic rings. The van der Waals surface area contributed by atoms with E-state index in [2.05, 4.69) is 54.6 Å². The van der Waals surface area contributed by atoms with Gasteiger partial charge in [-0.2, -0.15) is 0 Å². The Morgan fingerprint density at radius 2 is 1.19 bits per heavy atom. The van der Waals surface area contributed by atoms with Gasteiger partial charge in [-0.3, -0.25) is 35.1 Å². The van der Waals surface area contributed by atoms with Crippen LogP contribution in [0.4, 0.5) is 22.7 Å². The van der Waals surface area contributed by atoms with Crippen LogP contribution in [0.2, 0.25) is 0 Å². The molecule has 1 aliphatic carbocycles. The molecule has 0 radical (unpaired) electrons. The van der Waals surface area contributed by atoms with Crippen molar-refractivity contribution >= 4 is 60.9 Å². The van der Waals surface area contributed by atoms with Crippen LogP contribution in [0.25, 0.3) is 43.4 Å². The fraction of sp³-hybridized carbons (Fsp3) is 0. The molecule has 0 aromatic heterocycles. The van der Waals surface area contributed by atoms with E-state index >= 15 is 0 Å². The van der Waals surface area contributed by atoms with E-state index in [1.807, 2.05) is 12.1 Å². The lowest BCUT2D eigenvalue weighted by Crippen LogP contribution is -2.00. The Kier molecular flexibility index (Phi) is 6.04. The smallest absolute Gasteiger partial charge is 0.284 e. The van der Waals surface area contributed by atoms with Gasteiger partial charge in [0.2, 0.25) is 0 Å². The molecule has 0 aliphatic heterocycles. The molecule has 0 atom stereocenters. The largest absolute Gasteiger partial charge is 0.399 e. The second-order valence-electron chi connectivity index (χ2n) is 9.65. The maximum Gasteiger partial charge on any atom is 0.284 e. The number of nitrogens with two attached hydrogens (primary N) is 1. The molecule has 42 heavy (non-hydrogen) atoms. The van der Waals surface area contributed by atoms with E-state index in [4.69, 9.17) is 5.73 Å². The quantitative estimate of drug-likeness (QED) is 0.101. The van der Waals surface area contributed by atoms with E-state index < -0.39 is 31.9 Å². The highest BCUT2D eigenvalue weighted by atomic mass is 16.6. The average Bonchev–Trinajstić information content (AvgIpc) is 3.27. The molecule has 0 heterocycles. The predicted molar refractivity (Wildman–Crippen MR) is 159 cm³/mol. The lowest BCUT2D eigenvalue weighted by molar-refractivity contribution is -0.393. The summed E-state index contributed by atoms with van der Waals surface area (Å²) in [5, 5.41) is 40.5. The Bertz CT molecular complexity index is 2180. The molecule has 0 spiro atoms. The molecule has 204 valence electrons. The van der Waals surface area contributed by atoms with Crippen LogP contribution in [0.5, 0.6) is 0 Å². The Hall–Kier alpha value is -6.23. The van der Waals surface area contributed by atoms with E-state index in [9.17, 15) is 35.1 Å². The van der Waals surface area contributed by atoms with Crippen LogP contribution in [0.15, 0.2) is 97.1 Å². The number of nitro benzene ring substituents is 3. The zero-order valence-corrected chi connectivity index (χ0v) is 21.5. The first kappa shape index (κ1) is 26.0. The third-order valence-corrected chi connectivity index (χ3v) is 7.23. The molecule has 0 saturated carbocycles. The molecule has 0 amide bonds. The molecular weight excluding hydrogens is 540 g/mol. The average molecular weight is 559 g/mol. The van der Waals surface area contributed by atoms with Crippen molar-refractivity contribution in [3.63, 3.8) is 0 Å². The first-order valence-electron chi connectivity index (χ1n) is 12.5. The van der Waals surface area contributed by atoms with E-state index in [0.717, 1.165) is 30.0 Å². The highest BCUT2D eigenvalue weighted by molar-refractivity contribution is 6.24. The van der Waals surface area contributed by atoms with Gasteiger partial charge < -0.3 is 5.73 Å². The number of non-ortho nitro benzene ring substituents is 2. The van der Waals surface area contributed by atoms with Crippen LogP contribution >= 0.6 is 0 Å². The number of nitro groups is 3. The number of ketones is 1. The summed E-state index contributed by atoms with van der Waals surface area (Å²) < 4.78 is 0. The number of carbonyl (C=O) groups is 1. The fourth-order valence-electron chi connectivity index (χ4n) is 5.37. The Morgan fingerprint density at radius 3 is 1.90 bits per heavy atom. The van der Waals surface area contributed by atoms with Gasteiger partial charge in [-0.05, 0) is 50.5 Å². The summed E-state index contributed by atoms with van der Waals surface area (Å²) >= 11 is 0.